The predicted octanol–water partition coefficient (Wildman–Crippen LogP) is 2.77. The second kappa shape index (κ2) is 8.09. The van der Waals surface area contributed by atoms with E-state index in [0.29, 0.717) is 11.6 Å². The van der Waals surface area contributed by atoms with Gasteiger partial charge in [-0.1, -0.05) is 13.8 Å². The standard InChI is InChI=1S/C21H30N4O/c1-3-21(4-2)15-18(23-20(21)26)9-10-24-11-13-25(14-12-24)19-7-5-17(16-22)6-8-19/h5-8,18H,3-4,9-15H2,1-2H3,(H,23,26). The van der Waals surface area contributed by atoms with Crippen molar-refractivity contribution < 1.29 is 4.79 Å². The Bertz CT molecular complexity index is 652. The molecule has 5 nitrogen and oxygen atoms in total. The number of amides is 1. The second-order valence-electron chi connectivity index (χ2n) is 7.64. The van der Waals surface area contributed by atoms with Crippen molar-refractivity contribution in [1.29, 1.82) is 5.26 Å². The monoisotopic (exact) mass is 354 g/mol. The molecular formula is C21H30N4O. The van der Waals surface area contributed by atoms with Gasteiger partial charge in [0.1, 0.15) is 0 Å². The van der Waals surface area contributed by atoms with E-state index >= 15 is 0 Å². The molecule has 0 radical (unpaired) electrons. The minimum Gasteiger partial charge on any atom is -0.369 e. The molecule has 2 saturated heterocycles. The molecule has 0 aliphatic carbocycles. The molecule has 5 heteroatoms. The Kier molecular flexibility index (Phi) is 5.83. The topological polar surface area (TPSA) is 59.4 Å². The molecule has 1 aromatic rings. The van der Waals surface area contributed by atoms with Gasteiger partial charge in [0.25, 0.3) is 0 Å². The highest BCUT2D eigenvalue weighted by Gasteiger charge is 2.43. The van der Waals surface area contributed by atoms with E-state index < -0.39 is 0 Å². The van der Waals surface area contributed by atoms with Crippen LogP contribution in [0.3, 0.4) is 0 Å². The Morgan fingerprint density at radius 2 is 1.81 bits per heavy atom. The number of nitrogens with zero attached hydrogens (tertiary/aromatic N) is 3. The number of benzene rings is 1. The SMILES string of the molecule is CCC1(CC)CC(CCN2CCN(c3ccc(C#N)cc3)CC2)NC1=O. The zero-order valence-electron chi connectivity index (χ0n) is 16.0. The van der Waals surface area contributed by atoms with Gasteiger partial charge in [-0.25, -0.2) is 0 Å². The van der Waals surface area contributed by atoms with Crippen LogP contribution in [0.2, 0.25) is 0 Å². The van der Waals surface area contributed by atoms with Gasteiger partial charge in [0.15, 0.2) is 0 Å². The molecule has 2 aliphatic rings. The van der Waals surface area contributed by atoms with E-state index in [1.54, 1.807) is 0 Å². The molecule has 1 atom stereocenters. The van der Waals surface area contributed by atoms with E-state index in [2.05, 4.69) is 35.0 Å². The molecule has 2 fully saturated rings. The third-order valence-electron chi connectivity index (χ3n) is 6.34. The number of piperazine rings is 1. The summed E-state index contributed by atoms with van der Waals surface area (Å²) < 4.78 is 0. The van der Waals surface area contributed by atoms with Crippen LogP contribution in [0.15, 0.2) is 24.3 Å². The molecular weight excluding hydrogens is 324 g/mol. The van der Waals surface area contributed by atoms with Gasteiger partial charge < -0.3 is 10.2 Å². The largest absolute Gasteiger partial charge is 0.369 e. The first-order valence-corrected chi connectivity index (χ1v) is 9.88. The fraction of sp³-hybridized carbons (Fsp3) is 0.619. The Morgan fingerprint density at radius 1 is 1.15 bits per heavy atom. The van der Waals surface area contributed by atoms with Crippen LogP contribution in [-0.2, 0) is 4.79 Å². The second-order valence-corrected chi connectivity index (χ2v) is 7.64. The normalized spacial score (nSPS) is 22.9. The molecule has 0 aromatic heterocycles. The van der Waals surface area contributed by atoms with Crippen molar-refractivity contribution in [2.45, 2.75) is 45.6 Å². The summed E-state index contributed by atoms with van der Waals surface area (Å²) >= 11 is 0. The van der Waals surface area contributed by atoms with Crippen LogP contribution in [0.5, 0.6) is 0 Å². The summed E-state index contributed by atoms with van der Waals surface area (Å²) in [6.07, 6.45) is 3.92. The van der Waals surface area contributed by atoms with Gasteiger partial charge in [-0.2, -0.15) is 5.26 Å². The number of hydrogen-bond acceptors (Lipinski definition) is 4. The summed E-state index contributed by atoms with van der Waals surface area (Å²) in [4.78, 5) is 17.2. The van der Waals surface area contributed by atoms with Crippen molar-refractivity contribution in [2.75, 3.05) is 37.6 Å². The zero-order chi connectivity index (χ0) is 18.6. The van der Waals surface area contributed by atoms with Gasteiger partial charge in [0, 0.05) is 44.5 Å². The number of carbonyl (C=O) groups is 1. The molecule has 26 heavy (non-hydrogen) atoms. The van der Waals surface area contributed by atoms with Gasteiger partial charge in [0.05, 0.1) is 17.0 Å². The van der Waals surface area contributed by atoms with Crippen molar-refractivity contribution in [3.05, 3.63) is 29.8 Å². The number of nitriles is 1. The average molecular weight is 354 g/mol. The smallest absolute Gasteiger partial charge is 0.226 e. The van der Waals surface area contributed by atoms with E-state index in [9.17, 15) is 4.79 Å². The van der Waals surface area contributed by atoms with E-state index in [1.165, 1.54) is 5.69 Å². The lowest BCUT2D eigenvalue weighted by Gasteiger charge is -2.36. The van der Waals surface area contributed by atoms with Crippen molar-refractivity contribution in [1.82, 2.24) is 10.2 Å². The quantitative estimate of drug-likeness (QED) is 0.853. The molecule has 1 amide bonds. The summed E-state index contributed by atoms with van der Waals surface area (Å²) in [5.74, 6) is 0.262. The highest BCUT2D eigenvalue weighted by Crippen LogP contribution is 2.37. The highest BCUT2D eigenvalue weighted by molar-refractivity contribution is 5.85. The number of carbonyl (C=O) groups excluding carboxylic acids is 1. The van der Waals surface area contributed by atoms with Crippen LogP contribution < -0.4 is 10.2 Å². The molecule has 3 rings (SSSR count). The molecule has 140 valence electrons. The Morgan fingerprint density at radius 3 is 2.35 bits per heavy atom. The Labute approximate surface area is 157 Å². The van der Waals surface area contributed by atoms with Crippen molar-refractivity contribution in [3.63, 3.8) is 0 Å². The summed E-state index contributed by atoms with van der Waals surface area (Å²) in [6, 6.07) is 10.4. The predicted molar refractivity (Wildman–Crippen MR) is 104 cm³/mol. The third-order valence-corrected chi connectivity index (χ3v) is 6.34. The lowest BCUT2D eigenvalue weighted by molar-refractivity contribution is -0.128. The zero-order valence-corrected chi connectivity index (χ0v) is 16.0. The number of anilines is 1. The van der Waals surface area contributed by atoms with Crippen molar-refractivity contribution in [3.8, 4) is 6.07 Å². The van der Waals surface area contributed by atoms with Crippen LogP contribution >= 0.6 is 0 Å². The summed E-state index contributed by atoms with van der Waals surface area (Å²) in [5, 5.41) is 12.1. The lowest BCUT2D eigenvalue weighted by Crippen LogP contribution is -2.47. The van der Waals surface area contributed by atoms with E-state index in [-0.39, 0.29) is 11.3 Å². The number of hydrogen-bond donors (Lipinski definition) is 1. The molecule has 2 heterocycles. The number of rotatable bonds is 6. The van der Waals surface area contributed by atoms with Crippen LogP contribution in [0.1, 0.15) is 45.1 Å². The van der Waals surface area contributed by atoms with Crippen molar-refractivity contribution >= 4 is 11.6 Å². The fourth-order valence-electron chi connectivity index (χ4n) is 4.30. The molecule has 1 unspecified atom stereocenters. The fourth-order valence-corrected chi connectivity index (χ4v) is 4.30. The average Bonchev–Trinajstić information content (AvgIpc) is 3.03. The minimum absolute atomic E-state index is 0.126. The summed E-state index contributed by atoms with van der Waals surface area (Å²) in [7, 11) is 0. The van der Waals surface area contributed by atoms with Gasteiger partial charge >= 0.3 is 0 Å². The summed E-state index contributed by atoms with van der Waals surface area (Å²) in [6.45, 7) is 9.44. The highest BCUT2D eigenvalue weighted by atomic mass is 16.2. The van der Waals surface area contributed by atoms with Crippen LogP contribution in [0, 0.1) is 16.7 Å². The first-order chi connectivity index (χ1) is 12.6. The van der Waals surface area contributed by atoms with Gasteiger partial charge in [-0.3, -0.25) is 9.69 Å². The van der Waals surface area contributed by atoms with E-state index in [4.69, 9.17) is 5.26 Å². The van der Waals surface area contributed by atoms with Crippen LogP contribution in [0.4, 0.5) is 5.69 Å². The Hall–Kier alpha value is -2.06. The molecule has 1 N–H and O–H groups in total. The lowest BCUT2D eigenvalue weighted by atomic mass is 9.79. The van der Waals surface area contributed by atoms with Gasteiger partial charge in [-0.15, -0.1) is 0 Å². The maximum Gasteiger partial charge on any atom is 0.226 e. The first kappa shape index (κ1) is 18.7. The third kappa shape index (κ3) is 3.86. The minimum atomic E-state index is -0.126. The molecule has 2 aliphatic heterocycles. The first-order valence-electron chi connectivity index (χ1n) is 9.88. The van der Waals surface area contributed by atoms with Crippen molar-refractivity contribution in [2.24, 2.45) is 5.41 Å². The maximum atomic E-state index is 12.3. The molecule has 1 aromatic carbocycles. The molecule has 0 saturated carbocycles. The summed E-state index contributed by atoms with van der Waals surface area (Å²) in [5.41, 5.74) is 1.78. The van der Waals surface area contributed by atoms with Crippen LogP contribution in [-0.4, -0.2) is 49.6 Å². The molecule has 0 bridgehead atoms. The maximum absolute atomic E-state index is 12.3. The van der Waals surface area contributed by atoms with Crippen LogP contribution in [0.25, 0.3) is 0 Å². The van der Waals surface area contributed by atoms with E-state index in [1.807, 2.05) is 24.3 Å². The van der Waals surface area contributed by atoms with Gasteiger partial charge in [0.2, 0.25) is 5.91 Å². The molecule has 0 spiro atoms. The number of nitrogens with one attached hydrogen (secondary N) is 1. The van der Waals surface area contributed by atoms with Gasteiger partial charge in [-0.05, 0) is 49.9 Å². The Balaban J connectivity index is 1.45. The van der Waals surface area contributed by atoms with E-state index in [0.717, 1.165) is 58.4 Å².